The predicted molar refractivity (Wildman–Crippen MR) is 87.7 cm³/mol. The molecular weight excluding hydrogens is 347 g/mol. The van der Waals surface area contributed by atoms with Crippen LogP contribution in [0.3, 0.4) is 0 Å². The van der Waals surface area contributed by atoms with Gasteiger partial charge in [-0.25, -0.2) is 27.8 Å². The highest BCUT2D eigenvalue weighted by Gasteiger charge is 2.33. The maximum atomic E-state index is 14.1. The molecule has 5 nitrogen and oxygen atoms in total. The van der Waals surface area contributed by atoms with Crippen molar-refractivity contribution >= 4 is 12.0 Å². The van der Waals surface area contributed by atoms with Crippen LogP contribution in [0.2, 0.25) is 0 Å². The summed E-state index contributed by atoms with van der Waals surface area (Å²) < 4.78 is 47.7. The molecule has 26 heavy (non-hydrogen) atoms. The minimum atomic E-state index is -1.19. The molecule has 0 fully saturated rings. The Morgan fingerprint density at radius 3 is 2.73 bits per heavy atom. The van der Waals surface area contributed by atoms with E-state index in [4.69, 9.17) is 4.74 Å². The van der Waals surface area contributed by atoms with E-state index in [0.29, 0.717) is 37.8 Å². The van der Waals surface area contributed by atoms with Crippen molar-refractivity contribution < 1.29 is 22.7 Å². The monoisotopic (exact) mass is 365 g/mol. The van der Waals surface area contributed by atoms with Gasteiger partial charge in [-0.2, -0.15) is 0 Å². The Hall–Kier alpha value is -2.51. The number of carbonyl (C=O) groups is 1. The molecule has 0 spiro atoms. The molecule has 0 bridgehead atoms. The zero-order valence-corrected chi connectivity index (χ0v) is 14.3. The second kappa shape index (κ2) is 6.34. The summed E-state index contributed by atoms with van der Waals surface area (Å²) in [5.74, 6) is -2.71. The summed E-state index contributed by atoms with van der Waals surface area (Å²) in [5, 5.41) is 0. The molecule has 2 heterocycles. The van der Waals surface area contributed by atoms with Gasteiger partial charge >= 0.3 is 6.09 Å². The number of imidazole rings is 1. The summed E-state index contributed by atoms with van der Waals surface area (Å²) in [6, 6.07) is 1.54. The molecule has 8 heteroatoms. The molecule has 1 aromatic heterocycles. The number of anilines is 1. The Labute approximate surface area is 148 Å². The molecule has 1 atom stereocenters. The predicted octanol–water partition coefficient (Wildman–Crippen LogP) is 3.55. The van der Waals surface area contributed by atoms with Gasteiger partial charge in [-0.3, -0.25) is 0 Å². The number of carbonyl (C=O) groups excluding carboxylic acids is 1. The molecule has 4 rings (SSSR count). The van der Waals surface area contributed by atoms with E-state index in [1.54, 1.807) is 0 Å². The zero-order chi connectivity index (χ0) is 18.4. The lowest BCUT2D eigenvalue weighted by molar-refractivity contribution is 0.177. The number of ether oxygens (including phenoxy) is 1. The summed E-state index contributed by atoms with van der Waals surface area (Å²) in [5.41, 5.74) is 1.97. The van der Waals surface area contributed by atoms with Gasteiger partial charge in [0.1, 0.15) is 5.82 Å². The van der Waals surface area contributed by atoms with Gasteiger partial charge < -0.3 is 9.30 Å². The lowest BCUT2D eigenvalue weighted by Crippen LogP contribution is -2.38. The lowest BCUT2D eigenvalue weighted by atomic mass is 9.84. The third kappa shape index (κ3) is 2.64. The first-order valence-corrected chi connectivity index (χ1v) is 8.57. The van der Waals surface area contributed by atoms with E-state index in [0.717, 1.165) is 30.4 Å². The highest BCUT2D eigenvalue weighted by Crippen LogP contribution is 2.37. The number of halogens is 3. The van der Waals surface area contributed by atoms with Crippen LogP contribution in [-0.4, -0.2) is 29.3 Å². The van der Waals surface area contributed by atoms with Gasteiger partial charge in [-0.15, -0.1) is 0 Å². The smallest absolute Gasteiger partial charge is 0.416 e. The molecule has 1 aliphatic carbocycles. The van der Waals surface area contributed by atoms with Crippen LogP contribution in [0.1, 0.15) is 35.7 Å². The molecule has 2 aliphatic rings. The van der Waals surface area contributed by atoms with Gasteiger partial charge in [-0.1, -0.05) is 0 Å². The van der Waals surface area contributed by atoms with Gasteiger partial charge in [-0.05, 0) is 43.2 Å². The van der Waals surface area contributed by atoms with E-state index in [9.17, 15) is 18.0 Å². The second-order valence-corrected chi connectivity index (χ2v) is 6.66. The number of nitrogens with zero attached hydrogens (tertiary/aromatic N) is 3. The maximum absolute atomic E-state index is 14.1. The Morgan fingerprint density at radius 2 is 1.96 bits per heavy atom. The average Bonchev–Trinajstić information content (AvgIpc) is 3.01. The Morgan fingerprint density at radius 1 is 1.19 bits per heavy atom. The van der Waals surface area contributed by atoms with Crippen LogP contribution < -0.4 is 4.90 Å². The van der Waals surface area contributed by atoms with E-state index in [-0.39, 0.29) is 11.5 Å². The summed E-state index contributed by atoms with van der Waals surface area (Å²) in [4.78, 5) is 18.0. The van der Waals surface area contributed by atoms with Crippen molar-refractivity contribution in [3.63, 3.8) is 0 Å². The molecule has 0 saturated carbocycles. The van der Waals surface area contributed by atoms with Crippen molar-refractivity contribution in [2.75, 3.05) is 18.6 Å². The SMILES string of the molecule is COC(=O)N1CCCn2c1nc1c2CCC(c2cc(F)c(F)cc2F)C1. The molecule has 1 aliphatic heterocycles. The van der Waals surface area contributed by atoms with Crippen molar-refractivity contribution in [2.24, 2.45) is 0 Å². The molecule has 1 amide bonds. The fourth-order valence-corrected chi connectivity index (χ4v) is 3.94. The summed E-state index contributed by atoms with van der Waals surface area (Å²) in [6.07, 6.45) is 2.01. The standard InChI is InChI=1S/C18H18F3N3O2/c1-26-18(25)24-6-2-5-23-16-4-3-10(7-15(16)22-17(23)24)11-8-13(20)14(21)9-12(11)19/h8-10H,2-7H2,1H3. The molecule has 1 unspecified atom stereocenters. The Balaban J connectivity index is 1.67. The van der Waals surface area contributed by atoms with Gasteiger partial charge in [0.05, 0.1) is 12.8 Å². The van der Waals surface area contributed by atoms with E-state index in [1.807, 2.05) is 4.57 Å². The maximum Gasteiger partial charge on any atom is 0.416 e. The molecule has 1 aromatic carbocycles. The van der Waals surface area contributed by atoms with Crippen molar-refractivity contribution in [3.8, 4) is 0 Å². The van der Waals surface area contributed by atoms with Crippen molar-refractivity contribution in [1.29, 1.82) is 0 Å². The largest absolute Gasteiger partial charge is 0.452 e. The highest BCUT2D eigenvalue weighted by atomic mass is 19.2. The topological polar surface area (TPSA) is 47.4 Å². The van der Waals surface area contributed by atoms with E-state index in [2.05, 4.69) is 4.98 Å². The normalized spacial score (nSPS) is 19.1. The number of amides is 1. The quantitative estimate of drug-likeness (QED) is 0.726. The first kappa shape index (κ1) is 16.9. The summed E-state index contributed by atoms with van der Waals surface area (Å²) >= 11 is 0. The van der Waals surface area contributed by atoms with Crippen LogP contribution in [0.25, 0.3) is 0 Å². The van der Waals surface area contributed by atoms with Crippen LogP contribution in [0.4, 0.5) is 23.9 Å². The molecule has 2 aromatic rings. The number of rotatable bonds is 1. The molecule has 138 valence electrons. The summed E-state index contributed by atoms with van der Waals surface area (Å²) in [7, 11) is 1.33. The molecular formula is C18H18F3N3O2. The van der Waals surface area contributed by atoms with E-state index in [1.165, 1.54) is 12.0 Å². The van der Waals surface area contributed by atoms with Crippen LogP contribution in [0.5, 0.6) is 0 Å². The molecule has 0 saturated heterocycles. The summed E-state index contributed by atoms with van der Waals surface area (Å²) in [6.45, 7) is 1.29. The molecule has 0 N–H and O–H groups in total. The fourth-order valence-electron chi connectivity index (χ4n) is 3.94. The third-order valence-corrected chi connectivity index (χ3v) is 5.18. The van der Waals surface area contributed by atoms with Crippen LogP contribution in [-0.2, 0) is 24.1 Å². The third-order valence-electron chi connectivity index (χ3n) is 5.18. The average molecular weight is 365 g/mol. The highest BCUT2D eigenvalue weighted by molar-refractivity contribution is 5.85. The Kier molecular flexibility index (Phi) is 4.13. The lowest BCUT2D eigenvalue weighted by Gasteiger charge is -2.27. The molecule has 0 radical (unpaired) electrons. The first-order chi connectivity index (χ1) is 12.5. The van der Waals surface area contributed by atoms with Crippen molar-refractivity contribution in [2.45, 2.75) is 38.1 Å². The minimum Gasteiger partial charge on any atom is -0.452 e. The fraction of sp³-hybridized carbons (Fsp3) is 0.444. The van der Waals surface area contributed by atoms with E-state index >= 15 is 0 Å². The van der Waals surface area contributed by atoms with E-state index < -0.39 is 23.5 Å². The zero-order valence-electron chi connectivity index (χ0n) is 14.3. The van der Waals surface area contributed by atoms with Gasteiger partial charge in [0.2, 0.25) is 5.95 Å². The number of benzene rings is 1. The van der Waals surface area contributed by atoms with Crippen LogP contribution in [0, 0.1) is 17.5 Å². The van der Waals surface area contributed by atoms with Gasteiger partial charge in [0.15, 0.2) is 11.6 Å². The first-order valence-electron chi connectivity index (χ1n) is 8.57. The van der Waals surface area contributed by atoms with Gasteiger partial charge in [0, 0.05) is 24.8 Å². The van der Waals surface area contributed by atoms with Crippen molar-refractivity contribution in [3.05, 3.63) is 46.5 Å². The van der Waals surface area contributed by atoms with Crippen molar-refractivity contribution in [1.82, 2.24) is 9.55 Å². The second-order valence-electron chi connectivity index (χ2n) is 6.66. The minimum absolute atomic E-state index is 0.172. The number of hydrogen-bond acceptors (Lipinski definition) is 3. The number of aromatic nitrogens is 2. The van der Waals surface area contributed by atoms with Gasteiger partial charge in [0.25, 0.3) is 0 Å². The van der Waals surface area contributed by atoms with Crippen LogP contribution >= 0.6 is 0 Å². The number of fused-ring (bicyclic) bond motifs is 3. The number of hydrogen-bond donors (Lipinski definition) is 0. The number of methoxy groups -OCH3 is 1. The Bertz CT molecular complexity index is 881. The van der Waals surface area contributed by atoms with Crippen LogP contribution in [0.15, 0.2) is 12.1 Å².